The summed E-state index contributed by atoms with van der Waals surface area (Å²) in [6.07, 6.45) is 0.798. The Hall–Kier alpha value is -0.570. The standard InChI is InChI=1S/C11H21NO2/c1-8-9(10(13)14)5-6-12(8)7-11(2,3)4/h8-9H,5-7H2,1-4H3,(H,13,14). The van der Waals surface area contributed by atoms with E-state index in [1.54, 1.807) is 0 Å². The fraction of sp³-hybridized carbons (Fsp3) is 0.909. The van der Waals surface area contributed by atoms with Crippen LogP contribution in [0.25, 0.3) is 0 Å². The van der Waals surface area contributed by atoms with Gasteiger partial charge in [0.1, 0.15) is 0 Å². The van der Waals surface area contributed by atoms with Gasteiger partial charge in [-0.15, -0.1) is 0 Å². The summed E-state index contributed by atoms with van der Waals surface area (Å²) in [7, 11) is 0. The second-order valence-corrected chi connectivity index (χ2v) is 5.51. The summed E-state index contributed by atoms with van der Waals surface area (Å²) in [5, 5.41) is 8.97. The number of likely N-dealkylation sites (tertiary alicyclic amines) is 1. The summed E-state index contributed by atoms with van der Waals surface area (Å²) >= 11 is 0. The van der Waals surface area contributed by atoms with Gasteiger partial charge in [0.2, 0.25) is 0 Å². The molecule has 14 heavy (non-hydrogen) atoms. The molecule has 3 nitrogen and oxygen atoms in total. The maximum absolute atomic E-state index is 10.9. The van der Waals surface area contributed by atoms with Gasteiger partial charge in [-0.3, -0.25) is 9.69 Å². The number of hydrogen-bond donors (Lipinski definition) is 1. The molecule has 1 aliphatic rings. The number of aliphatic carboxylic acids is 1. The molecule has 2 unspecified atom stereocenters. The largest absolute Gasteiger partial charge is 0.481 e. The molecule has 0 aromatic heterocycles. The van der Waals surface area contributed by atoms with Gasteiger partial charge in [-0.25, -0.2) is 0 Å². The van der Waals surface area contributed by atoms with Gasteiger partial charge in [0.05, 0.1) is 5.92 Å². The molecular formula is C11H21NO2. The molecule has 3 heteroatoms. The van der Waals surface area contributed by atoms with E-state index in [1.165, 1.54) is 0 Å². The van der Waals surface area contributed by atoms with Crippen LogP contribution in [0.4, 0.5) is 0 Å². The minimum absolute atomic E-state index is 0.169. The molecule has 1 N–H and O–H groups in total. The third kappa shape index (κ3) is 2.71. The van der Waals surface area contributed by atoms with Crippen LogP contribution in [0, 0.1) is 11.3 Å². The molecule has 1 aliphatic heterocycles. The Morgan fingerprint density at radius 3 is 2.43 bits per heavy atom. The molecule has 0 radical (unpaired) electrons. The molecule has 82 valence electrons. The Balaban J connectivity index is 2.56. The van der Waals surface area contributed by atoms with Gasteiger partial charge in [-0.1, -0.05) is 20.8 Å². The molecule has 1 rings (SSSR count). The summed E-state index contributed by atoms with van der Waals surface area (Å²) in [5.41, 5.74) is 0.252. The second-order valence-electron chi connectivity index (χ2n) is 5.51. The highest BCUT2D eigenvalue weighted by Crippen LogP contribution is 2.27. The summed E-state index contributed by atoms with van der Waals surface area (Å²) in [5.74, 6) is -0.814. The molecular weight excluding hydrogens is 178 g/mol. The van der Waals surface area contributed by atoms with Crippen molar-refractivity contribution in [1.82, 2.24) is 4.90 Å². The van der Waals surface area contributed by atoms with E-state index in [9.17, 15) is 4.79 Å². The van der Waals surface area contributed by atoms with E-state index >= 15 is 0 Å². The number of nitrogens with zero attached hydrogens (tertiary/aromatic N) is 1. The van der Waals surface area contributed by atoms with Crippen LogP contribution in [0.3, 0.4) is 0 Å². The highest BCUT2D eigenvalue weighted by atomic mass is 16.4. The number of hydrogen-bond acceptors (Lipinski definition) is 2. The maximum atomic E-state index is 10.9. The Bertz CT molecular complexity index is 220. The van der Waals surface area contributed by atoms with E-state index in [1.807, 2.05) is 6.92 Å². The van der Waals surface area contributed by atoms with Gasteiger partial charge in [-0.05, 0) is 25.3 Å². The molecule has 1 heterocycles. The van der Waals surface area contributed by atoms with Gasteiger partial charge < -0.3 is 5.11 Å². The molecule has 0 aliphatic carbocycles. The highest BCUT2D eigenvalue weighted by Gasteiger charge is 2.36. The van der Waals surface area contributed by atoms with Crippen LogP contribution in [-0.4, -0.2) is 35.1 Å². The second kappa shape index (κ2) is 3.89. The van der Waals surface area contributed by atoms with Crippen molar-refractivity contribution in [3.63, 3.8) is 0 Å². The lowest BCUT2D eigenvalue weighted by atomic mass is 9.95. The SMILES string of the molecule is CC1C(C(=O)O)CCN1CC(C)(C)C. The number of carboxylic acid groups (broad SMARTS) is 1. The fourth-order valence-electron chi connectivity index (χ4n) is 2.17. The molecule has 0 aromatic rings. The molecule has 0 aromatic carbocycles. The van der Waals surface area contributed by atoms with Crippen molar-refractivity contribution in [2.24, 2.45) is 11.3 Å². The lowest BCUT2D eigenvalue weighted by Gasteiger charge is -2.30. The van der Waals surface area contributed by atoms with Crippen LogP contribution in [0.1, 0.15) is 34.1 Å². The number of carboxylic acids is 1. The zero-order valence-electron chi connectivity index (χ0n) is 9.58. The molecule has 0 bridgehead atoms. The van der Waals surface area contributed by atoms with E-state index < -0.39 is 5.97 Å². The van der Waals surface area contributed by atoms with Crippen molar-refractivity contribution in [2.45, 2.75) is 40.2 Å². The van der Waals surface area contributed by atoms with Crippen molar-refractivity contribution in [1.29, 1.82) is 0 Å². The lowest BCUT2D eigenvalue weighted by Crippen LogP contribution is -2.38. The Morgan fingerprint density at radius 1 is 1.50 bits per heavy atom. The summed E-state index contributed by atoms with van der Waals surface area (Å²) in [6.45, 7) is 10.5. The summed E-state index contributed by atoms with van der Waals surface area (Å²) < 4.78 is 0. The van der Waals surface area contributed by atoms with Crippen molar-refractivity contribution in [3.8, 4) is 0 Å². The average molecular weight is 199 g/mol. The summed E-state index contributed by atoms with van der Waals surface area (Å²) in [4.78, 5) is 13.2. The Kier molecular flexibility index (Phi) is 3.20. The van der Waals surface area contributed by atoms with Crippen molar-refractivity contribution >= 4 is 5.97 Å². The van der Waals surface area contributed by atoms with E-state index in [4.69, 9.17) is 5.11 Å². The number of rotatable bonds is 2. The monoisotopic (exact) mass is 199 g/mol. The quantitative estimate of drug-likeness (QED) is 0.737. The topological polar surface area (TPSA) is 40.5 Å². The third-order valence-electron chi connectivity index (χ3n) is 2.88. The normalized spacial score (nSPS) is 29.4. The average Bonchev–Trinajstić information content (AvgIpc) is 2.29. The predicted molar refractivity (Wildman–Crippen MR) is 56.2 cm³/mol. The van der Waals surface area contributed by atoms with Crippen molar-refractivity contribution < 1.29 is 9.90 Å². The fourth-order valence-corrected chi connectivity index (χ4v) is 2.17. The molecule has 0 saturated carbocycles. The Morgan fingerprint density at radius 2 is 2.07 bits per heavy atom. The minimum atomic E-state index is -0.645. The molecule has 1 fully saturated rings. The van der Waals surface area contributed by atoms with Crippen LogP contribution in [0.15, 0.2) is 0 Å². The smallest absolute Gasteiger partial charge is 0.308 e. The van der Waals surface area contributed by atoms with E-state index in [-0.39, 0.29) is 17.4 Å². The van der Waals surface area contributed by atoms with Crippen molar-refractivity contribution in [2.75, 3.05) is 13.1 Å². The first-order valence-electron chi connectivity index (χ1n) is 5.28. The maximum Gasteiger partial charge on any atom is 0.308 e. The zero-order valence-corrected chi connectivity index (χ0v) is 9.58. The third-order valence-corrected chi connectivity index (χ3v) is 2.88. The van der Waals surface area contributed by atoms with E-state index in [0.29, 0.717) is 0 Å². The van der Waals surface area contributed by atoms with Crippen LogP contribution >= 0.6 is 0 Å². The van der Waals surface area contributed by atoms with Gasteiger partial charge in [0.15, 0.2) is 0 Å². The van der Waals surface area contributed by atoms with Gasteiger partial charge >= 0.3 is 5.97 Å². The van der Waals surface area contributed by atoms with Crippen LogP contribution in [-0.2, 0) is 4.79 Å². The minimum Gasteiger partial charge on any atom is -0.481 e. The van der Waals surface area contributed by atoms with Crippen LogP contribution < -0.4 is 0 Å². The number of carbonyl (C=O) groups is 1. The molecule has 0 amide bonds. The Labute approximate surface area is 86.1 Å². The molecule has 2 atom stereocenters. The van der Waals surface area contributed by atoms with Crippen molar-refractivity contribution in [3.05, 3.63) is 0 Å². The van der Waals surface area contributed by atoms with E-state index in [0.717, 1.165) is 19.5 Å². The van der Waals surface area contributed by atoms with Gasteiger partial charge in [0.25, 0.3) is 0 Å². The van der Waals surface area contributed by atoms with Gasteiger partial charge in [0, 0.05) is 12.6 Å². The van der Waals surface area contributed by atoms with Crippen LogP contribution in [0.2, 0.25) is 0 Å². The predicted octanol–water partition coefficient (Wildman–Crippen LogP) is 1.83. The first-order chi connectivity index (χ1) is 6.31. The highest BCUT2D eigenvalue weighted by molar-refractivity contribution is 5.71. The zero-order chi connectivity index (χ0) is 10.9. The lowest BCUT2D eigenvalue weighted by molar-refractivity contribution is -0.142. The van der Waals surface area contributed by atoms with E-state index in [2.05, 4.69) is 25.7 Å². The molecule has 1 saturated heterocycles. The molecule has 0 spiro atoms. The first kappa shape index (κ1) is 11.5. The first-order valence-corrected chi connectivity index (χ1v) is 5.28. The van der Waals surface area contributed by atoms with Gasteiger partial charge in [-0.2, -0.15) is 0 Å². The summed E-state index contributed by atoms with van der Waals surface area (Å²) in [6, 6.07) is 0.187. The van der Waals surface area contributed by atoms with Crippen LogP contribution in [0.5, 0.6) is 0 Å².